The van der Waals surface area contributed by atoms with Crippen LogP contribution in [-0.4, -0.2) is 46.5 Å². The summed E-state index contributed by atoms with van der Waals surface area (Å²) in [6, 6.07) is 6.75. The normalized spacial score (nSPS) is 10.5. The van der Waals surface area contributed by atoms with Gasteiger partial charge in [-0.05, 0) is 17.7 Å². The van der Waals surface area contributed by atoms with Crippen LogP contribution < -0.4 is 18.9 Å². The van der Waals surface area contributed by atoms with E-state index in [9.17, 15) is 4.79 Å². The molecule has 1 aromatic heterocycles. The third kappa shape index (κ3) is 4.24. The fourth-order valence-electron chi connectivity index (χ4n) is 2.33. The Bertz CT molecular complexity index is 794. The predicted octanol–water partition coefficient (Wildman–Crippen LogP) is 3.07. The van der Waals surface area contributed by atoms with Gasteiger partial charge in [0.05, 0.1) is 41.2 Å². The lowest BCUT2D eigenvalue weighted by Gasteiger charge is -2.12. The summed E-state index contributed by atoms with van der Waals surface area (Å²) in [4.78, 5) is 16.5. The van der Waals surface area contributed by atoms with Crippen LogP contribution in [0.15, 0.2) is 24.3 Å². The molecule has 0 saturated carbocycles. The van der Waals surface area contributed by atoms with Gasteiger partial charge in [-0.15, -0.1) is 0 Å². The molecule has 0 aliphatic carbocycles. The number of ether oxygens (including phenoxy) is 5. The maximum Gasteiger partial charge on any atom is 0.342 e. The van der Waals surface area contributed by atoms with E-state index in [1.165, 1.54) is 28.4 Å². The average molecular weight is 359 g/mol. The Kier molecular flexibility index (Phi) is 6.43. The van der Waals surface area contributed by atoms with E-state index in [1.807, 2.05) is 0 Å². The van der Waals surface area contributed by atoms with Crippen molar-refractivity contribution in [3.8, 4) is 23.1 Å². The lowest BCUT2D eigenvalue weighted by Crippen LogP contribution is -2.07. The Balaban J connectivity index is 2.54. The smallest absolute Gasteiger partial charge is 0.342 e. The fourth-order valence-corrected chi connectivity index (χ4v) is 2.33. The third-order valence-corrected chi connectivity index (χ3v) is 3.62. The van der Waals surface area contributed by atoms with E-state index in [-0.39, 0.29) is 0 Å². The summed E-state index contributed by atoms with van der Waals surface area (Å²) in [6.45, 7) is 0. The lowest BCUT2D eigenvalue weighted by molar-refractivity contribution is 0.0597. The van der Waals surface area contributed by atoms with Gasteiger partial charge in [0.1, 0.15) is 22.8 Å². The second-order valence-electron chi connectivity index (χ2n) is 5.09. The monoisotopic (exact) mass is 359 g/mol. The van der Waals surface area contributed by atoms with Crippen molar-refractivity contribution in [3.63, 3.8) is 0 Å². The molecule has 0 fully saturated rings. The second kappa shape index (κ2) is 8.75. The first-order valence-electron chi connectivity index (χ1n) is 7.68. The van der Waals surface area contributed by atoms with Gasteiger partial charge >= 0.3 is 5.97 Å². The van der Waals surface area contributed by atoms with Crippen LogP contribution in [0.25, 0.3) is 12.2 Å². The molecule has 0 saturated heterocycles. The van der Waals surface area contributed by atoms with Gasteiger partial charge in [0.15, 0.2) is 0 Å². The first kappa shape index (κ1) is 19.1. The molecule has 0 unspecified atom stereocenters. The number of pyridine rings is 1. The minimum absolute atomic E-state index is 0.293. The summed E-state index contributed by atoms with van der Waals surface area (Å²) >= 11 is 0. The number of hydrogen-bond donors (Lipinski definition) is 0. The summed E-state index contributed by atoms with van der Waals surface area (Å²) < 4.78 is 25.8. The Morgan fingerprint density at radius 3 is 2.12 bits per heavy atom. The molecule has 0 atom stereocenters. The van der Waals surface area contributed by atoms with Crippen LogP contribution in [0.5, 0.6) is 23.1 Å². The zero-order valence-corrected chi connectivity index (χ0v) is 15.4. The van der Waals surface area contributed by atoms with E-state index in [1.54, 1.807) is 43.5 Å². The number of nitrogens with zero attached hydrogens (tertiary/aromatic N) is 1. The van der Waals surface area contributed by atoms with Crippen molar-refractivity contribution in [2.45, 2.75) is 0 Å². The molecule has 0 spiro atoms. The number of methoxy groups -OCH3 is 5. The van der Waals surface area contributed by atoms with Gasteiger partial charge in [0, 0.05) is 18.2 Å². The molecular weight excluding hydrogens is 338 g/mol. The summed E-state index contributed by atoms with van der Waals surface area (Å²) in [5, 5.41) is 0. The first-order valence-corrected chi connectivity index (χ1v) is 7.68. The molecule has 2 aromatic rings. The summed E-state index contributed by atoms with van der Waals surface area (Å²) in [5.74, 6) is 1.41. The van der Waals surface area contributed by atoms with Crippen molar-refractivity contribution in [2.75, 3.05) is 35.5 Å². The maximum absolute atomic E-state index is 12.2. The van der Waals surface area contributed by atoms with Crippen LogP contribution in [-0.2, 0) is 4.74 Å². The summed E-state index contributed by atoms with van der Waals surface area (Å²) in [7, 11) is 7.41. The molecule has 138 valence electrons. The van der Waals surface area contributed by atoms with Crippen molar-refractivity contribution in [1.29, 1.82) is 0 Å². The molecule has 7 heteroatoms. The van der Waals surface area contributed by atoms with E-state index in [4.69, 9.17) is 23.7 Å². The highest BCUT2D eigenvalue weighted by molar-refractivity contribution is 5.98. The van der Waals surface area contributed by atoms with Crippen LogP contribution in [0.2, 0.25) is 0 Å². The third-order valence-electron chi connectivity index (χ3n) is 3.62. The molecule has 0 aliphatic heterocycles. The molecule has 7 nitrogen and oxygen atoms in total. The van der Waals surface area contributed by atoms with Gasteiger partial charge in [0.25, 0.3) is 0 Å². The van der Waals surface area contributed by atoms with E-state index >= 15 is 0 Å². The number of benzene rings is 1. The van der Waals surface area contributed by atoms with Crippen LogP contribution in [0, 0.1) is 0 Å². The number of aromatic nitrogens is 1. The van der Waals surface area contributed by atoms with Crippen molar-refractivity contribution in [3.05, 3.63) is 41.1 Å². The van der Waals surface area contributed by atoms with Gasteiger partial charge in [-0.2, -0.15) is 0 Å². The number of carbonyl (C=O) groups is 1. The summed E-state index contributed by atoms with van der Waals surface area (Å²) in [5.41, 5.74) is 1.46. The fraction of sp³-hybridized carbons (Fsp3) is 0.263. The molecule has 26 heavy (non-hydrogen) atoms. The molecule has 0 N–H and O–H groups in total. The molecule has 0 bridgehead atoms. The van der Waals surface area contributed by atoms with Crippen LogP contribution in [0.4, 0.5) is 0 Å². The van der Waals surface area contributed by atoms with Gasteiger partial charge < -0.3 is 23.7 Å². The van der Waals surface area contributed by atoms with Gasteiger partial charge in [-0.1, -0.05) is 6.08 Å². The largest absolute Gasteiger partial charge is 0.497 e. The molecule has 1 heterocycles. The lowest BCUT2D eigenvalue weighted by atomic mass is 10.0. The Hall–Kier alpha value is -3.22. The highest BCUT2D eigenvalue weighted by Gasteiger charge is 2.18. The zero-order chi connectivity index (χ0) is 19.1. The second-order valence-corrected chi connectivity index (χ2v) is 5.09. The zero-order valence-electron chi connectivity index (χ0n) is 15.4. The molecule has 0 radical (unpaired) electrons. The standard InChI is InChI=1S/C19H21NO6/c1-22-14-8-12(18(19(21)26-5)16(10-14)24-3)6-7-13-9-15(23-2)11-17(20-13)25-4/h6-11H,1-5H3/b7-6+. The van der Waals surface area contributed by atoms with Gasteiger partial charge in [0.2, 0.25) is 5.88 Å². The minimum Gasteiger partial charge on any atom is -0.497 e. The Morgan fingerprint density at radius 1 is 0.846 bits per heavy atom. The van der Waals surface area contributed by atoms with Crippen molar-refractivity contribution >= 4 is 18.1 Å². The van der Waals surface area contributed by atoms with Crippen LogP contribution in [0.1, 0.15) is 21.6 Å². The summed E-state index contributed by atoms with van der Waals surface area (Å²) in [6.07, 6.45) is 3.45. The van der Waals surface area contributed by atoms with Crippen molar-refractivity contribution in [2.24, 2.45) is 0 Å². The highest BCUT2D eigenvalue weighted by atomic mass is 16.5. The molecule has 2 rings (SSSR count). The Labute approximate surface area is 152 Å². The van der Waals surface area contributed by atoms with Gasteiger partial charge in [-0.25, -0.2) is 9.78 Å². The number of hydrogen-bond acceptors (Lipinski definition) is 7. The van der Waals surface area contributed by atoms with E-state index in [0.29, 0.717) is 39.9 Å². The van der Waals surface area contributed by atoms with E-state index in [2.05, 4.69) is 4.98 Å². The quantitative estimate of drug-likeness (QED) is 0.703. The predicted molar refractivity (Wildman–Crippen MR) is 97.2 cm³/mol. The molecule has 0 amide bonds. The van der Waals surface area contributed by atoms with E-state index < -0.39 is 5.97 Å². The van der Waals surface area contributed by atoms with Crippen LogP contribution >= 0.6 is 0 Å². The molecule has 0 aliphatic rings. The SMILES string of the molecule is COC(=O)c1c(/C=C/c2cc(OC)cc(OC)n2)cc(OC)cc1OC. The average Bonchev–Trinajstić information content (AvgIpc) is 2.70. The van der Waals surface area contributed by atoms with Crippen molar-refractivity contribution in [1.82, 2.24) is 4.98 Å². The van der Waals surface area contributed by atoms with Crippen LogP contribution in [0.3, 0.4) is 0 Å². The molecular formula is C19H21NO6. The Morgan fingerprint density at radius 2 is 1.54 bits per heavy atom. The minimum atomic E-state index is -0.514. The maximum atomic E-state index is 12.2. The number of rotatable bonds is 7. The van der Waals surface area contributed by atoms with Gasteiger partial charge in [-0.3, -0.25) is 0 Å². The molecule has 1 aromatic carbocycles. The first-order chi connectivity index (χ1) is 12.6. The number of carbonyl (C=O) groups excluding carboxylic acids is 1. The number of esters is 1. The van der Waals surface area contributed by atoms with E-state index in [0.717, 1.165) is 0 Å². The topological polar surface area (TPSA) is 76.1 Å². The highest BCUT2D eigenvalue weighted by Crippen LogP contribution is 2.31. The van der Waals surface area contributed by atoms with Crippen molar-refractivity contribution < 1.29 is 28.5 Å².